The van der Waals surface area contributed by atoms with Crippen LogP contribution in [0.3, 0.4) is 0 Å². The summed E-state index contributed by atoms with van der Waals surface area (Å²) in [6.07, 6.45) is -30.8. The van der Waals surface area contributed by atoms with Crippen LogP contribution in [0.5, 0.6) is 0 Å². The molecule has 0 N–H and O–H groups in total. The molecule has 0 aromatic rings. The zero-order valence-electron chi connectivity index (χ0n) is 18.4. The molecule has 44 heavy (non-hydrogen) atoms. The van der Waals surface area contributed by atoms with Crippen molar-refractivity contribution in [2.75, 3.05) is 0 Å². The summed E-state index contributed by atoms with van der Waals surface area (Å²) in [6, 6.07) is 0. The minimum absolute atomic E-state index is 1.29. The number of ether oxygens (including phenoxy) is 2. The second-order valence-electron chi connectivity index (χ2n) is 8.02. The highest BCUT2D eigenvalue weighted by Crippen LogP contribution is 2.69. The quantitative estimate of drug-likeness (QED) is 0.221. The van der Waals surface area contributed by atoms with Gasteiger partial charge in [0.2, 0.25) is 0 Å². The van der Waals surface area contributed by atoms with Crippen molar-refractivity contribution < 1.29 is 132 Å². The van der Waals surface area contributed by atoms with Crippen molar-refractivity contribution in [2.24, 2.45) is 0 Å². The number of halogens is 28. The third-order valence-electron chi connectivity index (χ3n) is 5.15. The van der Waals surface area contributed by atoms with Gasteiger partial charge in [0.1, 0.15) is 0 Å². The molecule has 1 atom stereocenters. The average Bonchev–Trinajstić information content (AvgIpc) is 2.74. The van der Waals surface area contributed by atoms with Crippen LogP contribution in [0.2, 0.25) is 0 Å². The molecule has 1 fully saturated rings. The largest absolute Gasteiger partial charge is 0.460 e. The molecular weight excluding hydrogens is 732 g/mol. The minimum atomic E-state index is -9.81. The van der Waals surface area contributed by atoms with E-state index in [1.807, 2.05) is 0 Å². The molecule has 1 saturated heterocycles. The lowest BCUT2D eigenvalue weighted by atomic mass is 9.85. The molecule has 0 spiro atoms. The fourth-order valence-electron chi connectivity index (χ4n) is 2.59. The van der Waals surface area contributed by atoms with Crippen LogP contribution in [0, 0.1) is 0 Å². The molecule has 0 bridgehead atoms. The summed E-state index contributed by atoms with van der Waals surface area (Å²) in [7, 11) is 0. The van der Waals surface area contributed by atoms with Crippen LogP contribution in [-0.2, 0) is 9.47 Å². The molecule has 1 aliphatic rings. The second-order valence-corrected chi connectivity index (χ2v) is 8.02. The van der Waals surface area contributed by atoms with Gasteiger partial charge < -0.3 is 0 Å². The molecule has 0 aliphatic carbocycles. The minimum Gasteiger partial charge on any atom is -0.263 e. The Bertz CT molecular complexity index is 1100. The van der Waals surface area contributed by atoms with Crippen LogP contribution in [-0.4, -0.2) is 83.7 Å². The number of rotatable bonds is 9. The third-order valence-corrected chi connectivity index (χ3v) is 5.15. The van der Waals surface area contributed by atoms with Crippen molar-refractivity contribution in [3.05, 3.63) is 0 Å². The van der Waals surface area contributed by atoms with Crippen molar-refractivity contribution in [1.82, 2.24) is 0 Å². The summed E-state index contributed by atoms with van der Waals surface area (Å²) in [5.41, 5.74) is 0. The molecule has 1 rings (SSSR count). The van der Waals surface area contributed by atoms with E-state index in [1.165, 1.54) is 9.47 Å². The smallest absolute Gasteiger partial charge is 0.263 e. The van der Waals surface area contributed by atoms with E-state index in [2.05, 4.69) is 0 Å². The molecule has 0 saturated carbocycles. The fraction of sp³-hybridized carbons (Fsp3) is 1.00. The van der Waals surface area contributed by atoms with Gasteiger partial charge in [-0.1, -0.05) is 0 Å². The molecule has 0 aromatic carbocycles. The third kappa shape index (κ3) is 4.36. The fourth-order valence-corrected chi connectivity index (χ4v) is 2.59. The topological polar surface area (TPSA) is 18.5 Å². The summed E-state index contributed by atoms with van der Waals surface area (Å²) in [5, 5.41) is 0. The standard InChI is InChI=1S/C14F28O2/c15-1(16,3(19,20)5(23,24)7(27,28)9(31,32)11(34,35)36)2(17,18)4(21,22)6(25,26)8(29,30)10(33)12(37,38)44-14(41,42)13(39,40)43-10. The highest BCUT2D eigenvalue weighted by molar-refractivity contribution is 5.20. The predicted octanol–water partition coefficient (Wildman–Crippen LogP) is 8.76. The van der Waals surface area contributed by atoms with Crippen molar-refractivity contribution in [3.63, 3.8) is 0 Å². The maximum atomic E-state index is 14.0. The van der Waals surface area contributed by atoms with Crippen LogP contribution in [0.25, 0.3) is 0 Å². The van der Waals surface area contributed by atoms with Gasteiger partial charge in [-0.25, -0.2) is 4.74 Å². The Morgan fingerprint density at radius 2 is 0.500 bits per heavy atom. The first-order chi connectivity index (χ1) is 18.4. The highest BCUT2D eigenvalue weighted by Gasteiger charge is 3.01. The molecule has 1 unspecified atom stereocenters. The molecular formula is C14F28O2. The Morgan fingerprint density at radius 1 is 0.273 bits per heavy atom. The summed E-state index contributed by atoms with van der Waals surface area (Å²) in [4.78, 5) is 0. The summed E-state index contributed by atoms with van der Waals surface area (Å²) >= 11 is 0. The maximum absolute atomic E-state index is 14.0. The lowest BCUT2D eigenvalue weighted by Crippen LogP contribution is -2.80. The first-order valence-electron chi connectivity index (χ1n) is 9.11. The van der Waals surface area contributed by atoms with Crippen molar-refractivity contribution in [2.45, 2.75) is 83.7 Å². The molecule has 0 radical (unpaired) electrons. The summed E-state index contributed by atoms with van der Waals surface area (Å²) in [6.45, 7) is 0. The van der Waals surface area contributed by atoms with Gasteiger partial charge in [-0.3, -0.25) is 4.74 Å². The second kappa shape index (κ2) is 9.28. The molecule has 1 heterocycles. The van der Waals surface area contributed by atoms with E-state index < -0.39 is 83.7 Å². The van der Waals surface area contributed by atoms with Crippen LogP contribution in [0.1, 0.15) is 0 Å². The van der Waals surface area contributed by atoms with Gasteiger partial charge in [0, 0.05) is 0 Å². The predicted molar refractivity (Wildman–Crippen MR) is 71.4 cm³/mol. The lowest BCUT2D eigenvalue weighted by molar-refractivity contribution is -0.617. The van der Waals surface area contributed by atoms with E-state index in [4.69, 9.17) is 0 Å². The molecule has 2 nitrogen and oxygen atoms in total. The van der Waals surface area contributed by atoms with Crippen molar-refractivity contribution >= 4 is 0 Å². The maximum Gasteiger partial charge on any atom is 0.460 e. The van der Waals surface area contributed by atoms with E-state index in [0.717, 1.165) is 0 Å². The van der Waals surface area contributed by atoms with Crippen LogP contribution < -0.4 is 0 Å². The van der Waals surface area contributed by atoms with Crippen LogP contribution in [0.15, 0.2) is 0 Å². The first kappa shape index (κ1) is 40.0. The zero-order chi connectivity index (χ0) is 36.4. The van der Waals surface area contributed by atoms with Gasteiger partial charge in [-0.05, 0) is 0 Å². The Morgan fingerprint density at radius 3 is 0.773 bits per heavy atom. The SMILES string of the molecule is FC(F)(F)C(F)(F)C(F)(F)C(F)(F)C(F)(F)C(F)(F)C(F)(F)C(F)(F)C(F)(F)C(F)(F)C1(F)OC(F)(F)C(F)(F)OC1(F)F. The number of hydrogen-bond donors (Lipinski definition) is 0. The number of hydrogen-bond acceptors (Lipinski definition) is 2. The van der Waals surface area contributed by atoms with E-state index >= 15 is 0 Å². The monoisotopic (exact) mass is 732 g/mol. The number of alkyl halides is 28. The van der Waals surface area contributed by atoms with Gasteiger partial charge in [0.05, 0.1) is 0 Å². The Balaban J connectivity index is 3.96. The van der Waals surface area contributed by atoms with E-state index in [9.17, 15) is 123 Å². The zero-order valence-corrected chi connectivity index (χ0v) is 18.4. The van der Waals surface area contributed by atoms with E-state index in [-0.39, 0.29) is 0 Å². The summed E-state index contributed by atoms with van der Waals surface area (Å²) < 4.78 is 373. The molecule has 30 heteroatoms. The Hall–Kier alpha value is -2.04. The van der Waals surface area contributed by atoms with Gasteiger partial charge in [-0.15, -0.1) is 0 Å². The normalized spacial score (nSPS) is 24.8. The Labute approximate surface area is 217 Å². The van der Waals surface area contributed by atoms with Crippen LogP contribution >= 0.6 is 0 Å². The first-order valence-corrected chi connectivity index (χ1v) is 9.11. The lowest BCUT2D eigenvalue weighted by Gasteiger charge is -2.49. The average molecular weight is 732 g/mol. The van der Waals surface area contributed by atoms with E-state index in [1.54, 1.807) is 0 Å². The molecule has 264 valence electrons. The van der Waals surface area contributed by atoms with Gasteiger partial charge in [0.25, 0.3) is 0 Å². The van der Waals surface area contributed by atoms with Gasteiger partial charge >= 0.3 is 83.7 Å². The van der Waals surface area contributed by atoms with Gasteiger partial charge in [0.15, 0.2) is 0 Å². The van der Waals surface area contributed by atoms with Crippen molar-refractivity contribution in [3.8, 4) is 0 Å². The molecule has 0 amide bonds. The highest BCUT2D eigenvalue weighted by atomic mass is 19.4. The van der Waals surface area contributed by atoms with E-state index in [0.29, 0.717) is 0 Å². The van der Waals surface area contributed by atoms with Crippen molar-refractivity contribution in [1.29, 1.82) is 0 Å². The summed E-state index contributed by atoms with van der Waals surface area (Å²) in [5.74, 6) is -93.7. The Kier molecular flexibility index (Phi) is 8.43. The van der Waals surface area contributed by atoms with Crippen LogP contribution in [0.4, 0.5) is 123 Å². The molecule has 1 aliphatic heterocycles. The molecule has 0 aromatic heterocycles. The van der Waals surface area contributed by atoms with Gasteiger partial charge in [-0.2, -0.15) is 123 Å².